The minimum absolute atomic E-state index is 0.355. The van der Waals surface area contributed by atoms with Crippen molar-refractivity contribution in [2.24, 2.45) is 0 Å². The van der Waals surface area contributed by atoms with Gasteiger partial charge in [-0.05, 0) is 13.8 Å². The van der Waals surface area contributed by atoms with Gasteiger partial charge in [0, 0.05) is 13.7 Å². The van der Waals surface area contributed by atoms with Gasteiger partial charge in [0.2, 0.25) is 5.88 Å². The third kappa shape index (κ3) is 2.01. The molecular formula is C10H15N5O2. The lowest BCUT2D eigenvalue weighted by atomic mass is 10.4. The number of ether oxygens (including phenoxy) is 2. The zero-order valence-electron chi connectivity index (χ0n) is 10.0. The minimum atomic E-state index is -0.405. The molecule has 7 nitrogen and oxygen atoms in total. The van der Waals surface area contributed by atoms with Crippen molar-refractivity contribution in [3.05, 3.63) is 6.33 Å². The number of methoxy groups -OCH3 is 1. The van der Waals surface area contributed by atoms with Crippen LogP contribution < -0.4 is 10.5 Å². The van der Waals surface area contributed by atoms with Gasteiger partial charge in [0.05, 0.1) is 0 Å². The summed E-state index contributed by atoms with van der Waals surface area (Å²) in [5.74, 6) is 0.752. The number of hydrogen-bond donors (Lipinski definition) is 1. The standard InChI is InChI=1S/C10H15N5O2/c1-4-15-9-7(8(11)12-5-13-9)10(14-15)17-6(2)16-3/h5-6H,4H2,1-3H3,(H2,11,12,13). The molecule has 0 fully saturated rings. The second-order valence-electron chi connectivity index (χ2n) is 3.50. The minimum Gasteiger partial charge on any atom is -0.446 e. The summed E-state index contributed by atoms with van der Waals surface area (Å²) in [7, 11) is 1.56. The average Bonchev–Trinajstić information content (AvgIpc) is 2.68. The Morgan fingerprint density at radius 1 is 1.47 bits per heavy atom. The van der Waals surface area contributed by atoms with Crippen LogP contribution in [0, 0.1) is 0 Å². The third-order valence-corrected chi connectivity index (χ3v) is 2.44. The maximum absolute atomic E-state index is 5.82. The van der Waals surface area contributed by atoms with E-state index in [-0.39, 0.29) is 0 Å². The number of aromatic nitrogens is 4. The molecule has 0 aromatic carbocycles. The number of rotatable bonds is 4. The molecule has 2 heterocycles. The highest BCUT2D eigenvalue weighted by Gasteiger charge is 2.17. The van der Waals surface area contributed by atoms with Crippen molar-refractivity contribution in [1.29, 1.82) is 0 Å². The molecule has 0 amide bonds. The third-order valence-electron chi connectivity index (χ3n) is 2.44. The first-order valence-corrected chi connectivity index (χ1v) is 5.33. The Morgan fingerprint density at radius 3 is 2.88 bits per heavy atom. The van der Waals surface area contributed by atoms with Gasteiger partial charge in [-0.15, -0.1) is 5.10 Å². The molecule has 2 rings (SSSR count). The van der Waals surface area contributed by atoms with Crippen LogP contribution in [0.25, 0.3) is 11.0 Å². The number of aryl methyl sites for hydroxylation is 1. The van der Waals surface area contributed by atoms with Crippen LogP contribution >= 0.6 is 0 Å². The zero-order chi connectivity index (χ0) is 12.4. The SMILES string of the molecule is CCn1nc(OC(C)OC)c2c(N)ncnc21. The molecule has 7 heteroatoms. The summed E-state index contributed by atoms with van der Waals surface area (Å²) in [6.07, 6.45) is 1.01. The highest BCUT2D eigenvalue weighted by Crippen LogP contribution is 2.27. The summed E-state index contributed by atoms with van der Waals surface area (Å²) >= 11 is 0. The lowest BCUT2D eigenvalue weighted by Crippen LogP contribution is -2.14. The van der Waals surface area contributed by atoms with Crippen molar-refractivity contribution in [1.82, 2.24) is 19.7 Å². The Labute approximate surface area is 98.6 Å². The Morgan fingerprint density at radius 2 is 2.24 bits per heavy atom. The molecule has 1 unspecified atom stereocenters. The van der Waals surface area contributed by atoms with Gasteiger partial charge in [0.25, 0.3) is 0 Å². The molecule has 0 spiro atoms. The Kier molecular flexibility index (Phi) is 3.10. The largest absolute Gasteiger partial charge is 0.446 e. The lowest BCUT2D eigenvalue weighted by molar-refractivity contribution is -0.0404. The van der Waals surface area contributed by atoms with Crippen molar-refractivity contribution in [3.8, 4) is 5.88 Å². The fourth-order valence-corrected chi connectivity index (χ4v) is 1.51. The van der Waals surface area contributed by atoms with E-state index in [1.54, 1.807) is 18.7 Å². The molecule has 0 bridgehead atoms. The molecule has 2 N–H and O–H groups in total. The molecule has 0 aliphatic heterocycles. The lowest BCUT2D eigenvalue weighted by Gasteiger charge is -2.10. The fourth-order valence-electron chi connectivity index (χ4n) is 1.51. The van der Waals surface area contributed by atoms with E-state index in [1.807, 2.05) is 6.92 Å². The number of nitrogen functional groups attached to an aromatic ring is 1. The number of fused-ring (bicyclic) bond motifs is 1. The van der Waals surface area contributed by atoms with E-state index in [4.69, 9.17) is 15.2 Å². The van der Waals surface area contributed by atoms with Crippen molar-refractivity contribution in [3.63, 3.8) is 0 Å². The van der Waals surface area contributed by atoms with Crippen LogP contribution in [0.4, 0.5) is 5.82 Å². The smallest absolute Gasteiger partial charge is 0.248 e. The van der Waals surface area contributed by atoms with E-state index in [9.17, 15) is 0 Å². The van der Waals surface area contributed by atoms with Gasteiger partial charge in [-0.2, -0.15) is 0 Å². The summed E-state index contributed by atoms with van der Waals surface area (Å²) in [5.41, 5.74) is 6.48. The van der Waals surface area contributed by atoms with Crippen molar-refractivity contribution in [2.75, 3.05) is 12.8 Å². The summed E-state index contributed by atoms with van der Waals surface area (Å²) in [6, 6.07) is 0. The van der Waals surface area contributed by atoms with Gasteiger partial charge < -0.3 is 15.2 Å². The number of anilines is 1. The van der Waals surface area contributed by atoms with Gasteiger partial charge in [0.15, 0.2) is 11.9 Å². The van der Waals surface area contributed by atoms with Crippen LogP contribution in [0.2, 0.25) is 0 Å². The van der Waals surface area contributed by atoms with Crippen LogP contribution in [0.15, 0.2) is 6.33 Å². The normalized spacial score (nSPS) is 12.9. The second-order valence-corrected chi connectivity index (χ2v) is 3.50. The summed E-state index contributed by atoms with van der Waals surface area (Å²) in [4.78, 5) is 8.10. The van der Waals surface area contributed by atoms with E-state index < -0.39 is 6.29 Å². The molecule has 0 aliphatic carbocycles. The first-order valence-electron chi connectivity index (χ1n) is 5.33. The maximum atomic E-state index is 5.82. The topological polar surface area (TPSA) is 88.1 Å². The van der Waals surface area contributed by atoms with Crippen LogP contribution in [0.1, 0.15) is 13.8 Å². The summed E-state index contributed by atoms with van der Waals surface area (Å²) < 4.78 is 12.3. The van der Waals surface area contributed by atoms with E-state index in [2.05, 4.69) is 15.1 Å². The van der Waals surface area contributed by atoms with Gasteiger partial charge in [-0.1, -0.05) is 0 Å². The van der Waals surface area contributed by atoms with Crippen molar-refractivity contribution in [2.45, 2.75) is 26.7 Å². The van der Waals surface area contributed by atoms with E-state index in [1.165, 1.54) is 6.33 Å². The van der Waals surface area contributed by atoms with E-state index >= 15 is 0 Å². The highest BCUT2D eigenvalue weighted by atomic mass is 16.7. The maximum Gasteiger partial charge on any atom is 0.248 e. The molecule has 0 radical (unpaired) electrons. The van der Waals surface area contributed by atoms with Crippen LogP contribution in [-0.2, 0) is 11.3 Å². The molecule has 2 aromatic heterocycles. The number of nitrogens with zero attached hydrogens (tertiary/aromatic N) is 4. The van der Waals surface area contributed by atoms with Crippen molar-refractivity contribution < 1.29 is 9.47 Å². The first-order chi connectivity index (χ1) is 8.17. The molecule has 0 saturated carbocycles. The van der Waals surface area contributed by atoms with Gasteiger partial charge in [0.1, 0.15) is 17.5 Å². The molecule has 92 valence electrons. The molecule has 0 saturated heterocycles. The predicted octanol–water partition coefficient (Wildman–Crippen LogP) is 0.800. The van der Waals surface area contributed by atoms with Crippen LogP contribution in [-0.4, -0.2) is 33.1 Å². The molecule has 17 heavy (non-hydrogen) atoms. The van der Waals surface area contributed by atoms with Crippen LogP contribution in [0.5, 0.6) is 5.88 Å². The summed E-state index contributed by atoms with van der Waals surface area (Å²) in [6.45, 7) is 4.42. The van der Waals surface area contributed by atoms with Crippen molar-refractivity contribution >= 4 is 16.9 Å². The Balaban J connectivity index is 2.55. The molecular weight excluding hydrogens is 222 g/mol. The molecule has 2 aromatic rings. The monoisotopic (exact) mass is 237 g/mol. The van der Waals surface area contributed by atoms with Gasteiger partial charge >= 0.3 is 0 Å². The second kappa shape index (κ2) is 4.54. The Bertz CT molecular complexity index is 525. The predicted molar refractivity (Wildman–Crippen MR) is 62.5 cm³/mol. The quantitative estimate of drug-likeness (QED) is 0.791. The van der Waals surface area contributed by atoms with E-state index in [0.717, 1.165) is 0 Å². The van der Waals surface area contributed by atoms with Gasteiger partial charge in [-0.25, -0.2) is 14.6 Å². The fraction of sp³-hybridized carbons (Fsp3) is 0.500. The number of hydrogen-bond acceptors (Lipinski definition) is 6. The molecule has 0 aliphatic rings. The van der Waals surface area contributed by atoms with Crippen LogP contribution in [0.3, 0.4) is 0 Å². The van der Waals surface area contributed by atoms with Gasteiger partial charge in [-0.3, -0.25) is 0 Å². The molecule has 1 atom stereocenters. The van der Waals surface area contributed by atoms with E-state index in [0.29, 0.717) is 29.3 Å². The first kappa shape index (κ1) is 11.6. The Hall–Kier alpha value is -1.89. The zero-order valence-corrected chi connectivity index (χ0v) is 10.0. The highest BCUT2D eigenvalue weighted by molar-refractivity contribution is 5.90. The number of nitrogens with two attached hydrogens (primary N) is 1. The average molecular weight is 237 g/mol. The summed E-state index contributed by atoms with van der Waals surface area (Å²) in [5, 5.41) is 4.91.